The van der Waals surface area contributed by atoms with Gasteiger partial charge in [-0.15, -0.1) is 5.10 Å². The number of nitrogens with one attached hydrogen (secondary N) is 1. The lowest BCUT2D eigenvalue weighted by atomic mass is 10.2. The summed E-state index contributed by atoms with van der Waals surface area (Å²) in [6.45, 7) is 4.52. The first-order chi connectivity index (χ1) is 11.5. The first-order valence-electron chi connectivity index (χ1n) is 7.45. The summed E-state index contributed by atoms with van der Waals surface area (Å²) in [4.78, 5) is 16.3. The molecule has 1 amide bonds. The van der Waals surface area contributed by atoms with E-state index in [4.69, 9.17) is 0 Å². The molecule has 0 radical (unpaired) electrons. The third-order valence-corrected chi connectivity index (χ3v) is 4.71. The minimum atomic E-state index is -0.217. The van der Waals surface area contributed by atoms with E-state index in [9.17, 15) is 4.79 Å². The molecule has 1 aromatic carbocycles. The van der Waals surface area contributed by atoms with E-state index in [1.165, 1.54) is 0 Å². The maximum absolute atomic E-state index is 12.1. The lowest BCUT2D eigenvalue weighted by Crippen LogP contribution is -2.21. The fraction of sp³-hybridized carbons (Fsp3) is 0.250. The number of anilines is 1. The topological polar surface area (TPSA) is 77.6 Å². The SMILES string of the molecule is Cc1nn(CC(=O)Nc2ncn(Cc3ccccc3)n2)c(C)c1Br. The van der Waals surface area contributed by atoms with Gasteiger partial charge in [0.25, 0.3) is 0 Å². The van der Waals surface area contributed by atoms with Crippen LogP contribution in [0, 0.1) is 13.8 Å². The van der Waals surface area contributed by atoms with E-state index >= 15 is 0 Å². The molecule has 0 aliphatic carbocycles. The number of benzene rings is 1. The predicted molar refractivity (Wildman–Crippen MR) is 93.6 cm³/mol. The van der Waals surface area contributed by atoms with Gasteiger partial charge in [0, 0.05) is 0 Å². The first-order valence-corrected chi connectivity index (χ1v) is 8.25. The minimum absolute atomic E-state index is 0.117. The highest BCUT2D eigenvalue weighted by Gasteiger charge is 2.13. The molecule has 0 saturated carbocycles. The van der Waals surface area contributed by atoms with Gasteiger partial charge in [0.05, 0.1) is 22.4 Å². The van der Waals surface area contributed by atoms with Crippen LogP contribution in [0.15, 0.2) is 41.1 Å². The van der Waals surface area contributed by atoms with Crippen LogP contribution in [-0.2, 0) is 17.9 Å². The van der Waals surface area contributed by atoms with Crippen molar-refractivity contribution in [1.29, 1.82) is 0 Å². The summed E-state index contributed by atoms with van der Waals surface area (Å²) >= 11 is 3.45. The summed E-state index contributed by atoms with van der Waals surface area (Å²) in [6.07, 6.45) is 1.60. The fourth-order valence-corrected chi connectivity index (χ4v) is 2.61. The average molecular weight is 389 g/mol. The Bertz CT molecular complexity index is 855. The van der Waals surface area contributed by atoms with Gasteiger partial charge in [-0.1, -0.05) is 30.3 Å². The highest BCUT2D eigenvalue weighted by atomic mass is 79.9. The second-order valence-corrected chi connectivity index (χ2v) is 6.23. The molecule has 0 atom stereocenters. The monoisotopic (exact) mass is 388 g/mol. The molecule has 0 bridgehead atoms. The average Bonchev–Trinajstić information content (AvgIpc) is 3.09. The van der Waals surface area contributed by atoms with Crippen LogP contribution in [0.4, 0.5) is 5.95 Å². The van der Waals surface area contributed by atoms with E-state index < -0.39 is 0 Å². The Balaban J connectivity index is 1.62. The van der Waals surface area contributed by atoms with Gasteiger partial charge in [0.2, 0.25) is 11.9 Å². The third-order valence-electron chi connectivity index (χ3n) is 3.56. The Morgan fingerprint density at radius 1 is 1.21 bits per heavy atom. The van der Waals surface area contributed by atoms with Crippen LogP contribution >= 0.6 is 15.9 Å². The van der Waals surface area contributed by atoms with Crippen molar-refractivity contribution in [1.82, 2.24) is 24.5 Å². The molecule has 0 aliphatic rings. The number of halogens is 1. The lowest BCUT2D eigenvalue weighted by Gasteiger charge is -2.04. The van der Waals surface area contributed by atoms with E-state index in [1.807, 2.05) is 44.2 Å². The van der Waals surface area contributed by atoms with Crippen molar-refractivity contribution >= 4 is 27.8 Å². The smallest absolute Gasteiger partial charge is 0.248 e. The van der Waals surface area contributed by atoms with Crippen molar-refractivity contribution in [2.24, 2.45) is 0 Å². The molecule has 0 saturated heterocycles. The van der Waals surface area contributed by atoms with Crippen molar-refractivity contribution in [2.45, 2.75) is 26.9 Å². The maximum Gasteiger partial charge on any atom is 0.248 e. The molecule has 0 fully saturated rings. The number of carbonyl (C=O) groups is 1. The summed E-state index contributed by atoms with van der Waals surface area (Å²) in [5, 5.41) is 11.3. The summed E-state index contributed by atoms with van der Waals surface area (Å²) < 4.78 is 4.25. The summed E-state index contributed by atoms with van der Waals surface area (Å²) in [5.41, 5.74) is 2.88. The number of hydrogen-bond donors (Lipinski definition) is 1. The van der Waals surface area contributed by atoms with Crippen molar-refractivity contribution in [2.75, 3.05) is 5.32 Å². The molecule has 3 rings (SSSR count). The zero-order chi connectivity index (χ0) is 17.1. The number of aromatic nitrogens is 5. The number of hydrogen-bond acceptors (Lipinski definition) is 4. The molecule has 0 aliphatic heterocycles. The molecule has 24 heavy (non-hydrogen) atoms. The lowest BCUT2D eigenvalue weighted by molar-refractivity contribution is -0.117. The van der Waals surface area contributed by atoms with Crippen LogP contribution in [0.5, 0.6) is 0 Å². The van der Waals surface area contributed by atoms with Gasteiger partial charge in [-0.2, -0.15) is 5.10 Å². The van der Waals surface area contributed by atoms with Gasteiger partial charge < -0.3 is 0 Å². The number of aryl methyl sites for hydroxylation is 1. The Hall–Kier alpha value is -2.48. The summed E-state index contributed by atoms with van der Waals surface area (Å²) in [5.74, 6) is 0.0714. The molecule has 7 nitrogen and oxygen atoms in total. The molecule has 2 aromatic heterocycles. The molecule has 0 spiro atoms. The van der Waals surface area contributed by atoms with Crippen LogP contribution in [0.1, 0.15) is 17.0 Å². The fourth-order valence-electron chi connectivity index (χ4n) is 2.33. The predicted octanol–water partition coefficient (Wildman–Crippen LogP) is 2.54. The highest BCUT2D eigenvalue weighted by molar-refractivity contribution is 9.10. The van der Waals surface area contributed by atoms with E-state index in [0.29, 0.717) is 6.54 Å². The number of rotatable bonds is 5. The quantitative estimate of drug-likeness (QED) is 0.728. The maximum atomic E-state index is 12.1. The third kappa shape index (κ3) is 3.70. The van der Waals surface area contributed by atoms with Crippen LogP contribution in [0.2, 0.25) is 0 Å². The van der Waals surface area contributed by atoms with Gasteiger partial charge in [-0.25, -0.2) is 9.67 Å². The van der Waals surface area contributed by atoms with Gasteiger partial charge in [0.1, 0.15) is 12.9 Å². The highest BCUT2D eigenvalue weighted by Crippen LogP contribution is 2.19. The first kappa shape index (κ1) is 16.4. The standard InChI is InChI=1S/C16H17BrN6O/c1-11-15(17)12(2)23(20-11)9-14(24)19-16-18-10-22(21-16)8-13-6-4-3-5-7-13/h3-7,10H,8-9H2,1-2H3,(H,19,21,24). The Labute approximate surface area is 147 Å². The van der Waals surface area contributed by atoms with Gasteiger partial charge >= 0.3 is 0 Å². The number of nitrogens with zero attached hydrogens (tertiary/aromatic N) is 5. The Kier molecular flexibility index (Phi) is 4.75. The van der Waals surface area contributed by atoms with E-state index in [0.717, 1.165) is 21.4 Å². The molecule has 8 heteroatoms. The second kappa shape index (κ2) is 6.96. The van der Waals surface area contributed by atoms with Gasteiger partial charge in [-0.05, 0) is 35.3 Å². The van der Waals surface area contributed by atoms with Gasteiger partial charge in [0.15, 0.2) is 0 Å². The molecule has 1 N–H and O–H groups in total. The molecular weight excluding hydrogens is 372 g/mol. The van der Waals surface area contributed by atoms with Crippen molar-refractivity contribution in [3.63, 3.8) is 0 Å². The number of amides is 1. The van der Waals surface area contributed by atoms with Gasteiger partial charge in [-0.3, -0.25) is 14.8 Å². The van der Waals surface area contributed by atoms with Crippen molar-refractivity contribution in [3.05, 3.63) is 58.1 Å². The van der Waals surface area contributed by atoms with E-state index in [1.54, 1.807) is 15.7 Å². The molecule has 124 valence electrons. The Morgan fingerprint density at radius 3 is 2.62 bits per heavy atom. The van der Waals surface area contributed by atoms with Crippen molar-refractivity contribution < 1.29 is 4.79 Å². The molecule has 2 heterocycles. The molecular formula is C16H17BrN6O. The number of carbonyl (C=O) groups excluding carboxylic acids is 1. The zero-order valence-corrected chi connectivity index (χ0v) is 15.0. The summed E-state index contributed by atoms with van der Waals surface area (Å²) in [6, 6.07) is 9.94. The van der Waals surface area contributed by atoms with E-state index in [-0.39, 0.29) is 18.4 Å². The summed E-state index contributed by atoms with van der Waals surface area (Å²) in [7, 11) is 0. The van der Waals surface area contributed by atoms with Crippen LogP contribution < -0.4 is 5.32 Å². The van der Waals surface area contributed by atoms with E-state index in [2.05, 4.69) is 36.4 Å². The normalized spacial score (nSPS) is 10.8. The van der Waals surface area contributed by atoms with Crippen LogP contribution in [0.25, 0.3) is 0 Å². The second-order valence-electron chi connectivity index (χ2n) is 5.44. The Morgan fingerprint density at radius 2 is 1.96 bits per heavy atom. The zero-order valence-electron chi connectivity index (χ0n) is 13.4. The molecule has 3 aromatic rings. The van der Waals surface area contributed by atoms with Crippen LogP contribution in [-0.4, -0.2) is 30.5 Å². The van der Waals surface area contributed by atoms with Crippen molar-refractivity contribution in [3.8, 4) is 0 Å². The van der Waals surface area contributed by atoms with Crippen LogP contribution in [0.3, 0.4) is 0 Å². The largest absolute Gasteiger partial charge is 0.292 e. The molecule has 0 unspecified atom stereocenters. The minimum Gasteiger partial charge on any atom is -0.292 e.